The Labute approximate surface area is 188 Å². The molecule has 3 rings (SSSR count). The van der Waals surface area contributed by atoms with Crippen LogP contribution in [0.4, 0.5) is 0 Å². The van der Waals surface area contributed by atoms with Crippen LogP contribution in [0, 0.1) is 5.92 Å². The van der Waals surface area contributed by atoms with Gasteiger partial charge in [0.1, 0.15) is 6.04 Å². The van der Waals surface area contributed by atoms with E-state index < -0.39 is 18.2 Å². The Morgan fingerprint density at radius 2 is 2.00 bits per heavy atom. The van der Waals surface area contributed by atoms with Gasteiger partial charge in [0, 0.05) is 18.2 Å². The minimum Gasteiger partial charge on any atom is -0.503 e. The summed E-state index contributed by atoms with van der Waals surface area (Å²) in [6, 6.07) is 10.7. The molecular weight excluding hydrogens is 412 g/mol. The third-order valence-electron chi connectivity index (χ3n) is 5.82. The Bertz CT molecular complexity index is 878. The van der Waals surface area contributed by atoms with Gasteiger partial charge in [-0.15, -0.1) is 0 Å². The molecule has 174 valence electrons. The molecule has 2 heterocycles. The topological polar surface area (TPSA) is 110 Å². The van der Waals surface area contributed by atoms with Crippen LogP contribution in [0.15, 0.2) is 42.6 Å². The van der Waals surface area contributed by atoms with Crippen LogP contribution in [0.25, 0.3) is 0 Å². The molecule has 32 heavy (non-hydrogen) atoms. The number of amides is 1. The van der Waals surface area contributed by atoms with Crippen molar-refractivity contribution in [1.29, 1.82) is 0 Å². The fraction of sp³-hybridized carbons (Fsp3) is 0.500. The lowest BCUT2D eigenvalue weighted by Crippen LogP contribution is -2.48. The number of nitrogens with one attached hydrogen (secondary N) is 1. The van der Waals surface area contributed by atoms with Crippen molar-refractivity contribution < 1.29 is 29.2 Å². The van der Waals surface area contributed by atoms with Crippen LogP contribution in [0.3, 0.4) is 0 Å². The largest absolute Gasteiger partial charge is 0.503 e. The van der Waals surface area contributed by atoms with Gasteiger partial charge in [0.05, 0.1) is 26.4 Å². The number of rotatable bonds is 6. The van der Waals surface area contributed by atoms with Crippen molar-refractivity contribution in [3.63, 3.8) is 0 Å². The SMILES string of the molecule is CCC[C@H]1COC[C@H](NC(=O)c2nccc(OC)c2O)C(O)O[C@@H](C)[C@@H]1c1ccccc1. The van der Waals surface area contributed by atoms with Crippen molar-refractivity contribution in [3.05, 3.63) is 53.9 Å². The first kappa shape index (κ1) is 24.0. The molecule has 0 bridgehead atoms. The highest BCUT2D eigenvalue weighted by molar-refractivity contribution is 5.95. The average Bonchev–Trinajstić information content (AvgIpc) is 2.83. The summed E-state index contributed by atoms with van der Waals surface area (Å²) in [5, 5.41) is 23.7. The summed E-state index contributed by atoms with van der Waals surface area (Å²) in [6.07, 6.45) is 1.69. The molecule has 8 heteroatoms. The molecule has 0 aliphatic carbocycles. The van der Waals surface area contributed by atoms with E-state index in [4.69, 9.17) is 14.2 Å². The second-order valence-corrected chi connectivity index (χ2v) is 8.04. The molecule has 0 saturated carbocycles. The Morgan fingerprint density at radius 1 is 1.25 bits per heavy atom. The highest BCUT2D eigenvalue weighted by Crippen LogP contribution is 2.35. The number of carbonyl (C=O) groups excluding carboxylic acids is 1. The van der Waals surface area contributed by atoms with Gasteiger partial charge in [0.25, 0.3) is 5.91 Å². The van der Waals surface area contributed by atoms with Gasteiger partial charge in [-0.1, -0.05) is 43.7 Å². The van der Waals surface area contributed by atoms with Crippen LogP contribution < -0.4 is 10.1 Å². The van der Waals surface area contributed by atoms with Crippen LogP contribution in [0.2, 0.25) is 0 Å². The van der Waals surface area contributed by atoms with E-state index in [0.717, 1.165) is 18.4 Å². The first-order valence-electron chi connectivity index (χ1n) is 10.9. The van der Waals surface area contributed by atoms with Crippen LogP contribution in [0.5, 0.6) is 11.5 Å². The predicted octanol–water partition coefficient (Wildman–Crippen LogP) is 2.85. The summed E-state index contributed by atoms with van der Waals surface area (Å²) < 4.78 is 17.0. The smallest absolute Gasteiger partial charge is 0.274 e. The number of methoxy groups -OCH3 is 1. The van der Waals surface area contributed by atoms with E-state index in [1.54, 1.807) is 0 Å². The predicted molar refractivity (Wildman–Crippen MR) is 119 cm³/mol. The Morgan fingerprint density at radius 3 is 2.69 bits per heavy atom. The number of aromatic nitrogens is 1. The molecule has 1 unspecified atom stereocenters. The zero-order valence-corrected chi connectivity index (χ0v) is 18.7. The maximum atomic E-state index is 12.8. The monoisotopic (exact) mass is 444 g/mol. The fourth-order valence-corrected chi connectivity index (χ4v) is 4.28. The van der Waals surface area contributed by atoms with Gasteiger partial charge >= 0.3 is 0 Å². The van der Waals surface area contributed by atoms with Gasteiger partial charge < -0.3 is 29.7 Å². The second kappa shape index (κ2) is 11.3. The third kappa shape index (κ3) is 5.56. The molecule has 0 radical (unpaired) electrons. The van der Waals surface area contributed by atoms with E-state index >= 15 is 0 Å². The lowest BCUT2D eigenvalue weighted by atomic mass is 9.80. The highest BCUT2D eigenvalue weighted by atomic mass is 16.6. The molecule has 5 atom stereocenters. The fourth-order valence-electron chi connectivity index (χ4n) is 4.28. The molecule has 3 N–H and O–H groups in total. The van der Waals surface area contributed by atoms with Crippen LogP contribution >= 0.6 is 0 Å². The lowest BCUT2D eigenvalue weighted by Gasteiger charge is -2.32. The summed E-state index contributed by atoms with van der Waals surface area (Å²) in [5.41, 5.74) is 0.928. The highest BCUT2D eigenvalue weighted by Gasteiger charge is 2.35. The Kier molecular flexibility index (Phi) is 8.44. The number of hydrogen-bond acceptors (Lipinski definition) is 7. The third-order valence-corrected chi connectivity index (χ3v) is 5.82. The number of hydrogen-bond donors (Lipinski definition) is 3. The van der Waals surface area contributed by atoms with E-state index in [9.17, 15) is 15.0 Å². The minimum absolute atomic E-state index is 0.0318. The average molecular weight is 445 g/mol. The molecule has 1 aliphatic heterocycles. The van der Waals surface area contributed by atoms with Gasteiger partial charge in [0.15, 0.2) is 23.5 Å². The van der Waals surface area contributed by atoms with Crippen molar-refractivity contribution >= 4 is 5.91 Å². The van der Waals surface area contributed by atoms with Crippen molar-refractivity contribution in [2.24, 2.45) is 5.92 Å². The van der Waals surface area contributed by atoms with E-state index in [0.29, 0.717) is 6.61 Å². The molecule has 2 aromatic rings. The zero-order chi connectivity index (χ0) is 23.1. The molecule has 1 aliphatic rings. The van der Waals surface area contributed by atoms with Crippen LogP contribution in [-0.4, -0.2) is 59.9 Å². The second-order valence-electron chi connectivity index (χ2n) is 8.04. The summed E-state index contributed by atoms with van der Waals surface area (Å²) in [4.78, 5) is 16.7. The number of carbonyl (C=O) groups is 1. The van der Waals surface area contributed by atoms with Crippen LogP contribution in [-0.2, 0) is 9.47 Å². The number of nitrogens with zero attached hydrogens (tertiary/aromatic N) is 1. The standard InChI is InChI=1S/C24H32N2O6/c1-4-8-17-13-31-14-18(26-23(28)21-22(27)19(30-3)11-12-25-21)24(29)32-15(2)20(17)16-9-6-5-7-10-16/h5-7,9-12,15,17-18,20,24,27,29H,4,8,13-14H2,1-3H3,(H,26,28)/t15-,17-,18-,20+,24?/m0/s1. The number of aliphatic hydroxyl groups excluding tert-OH is 1. The summed E-state index contributed by atoms with van der Waals surface area (Å²) in [5.74, 6) is -0.663. The Hall–Kier alpha value is -2.68. The van der Waals surface area contributed by atoms with Gasteiger partial charge in [0.2, 0.25) is 0 Å². The van der Waals surface area contributed by atoms with Crippen molar-refractivity contribution in [1.82, 2.24) is 10.3 Å². The summed E-state index contributed by atoms with van der Waals surface area (Å²) in [7, 11) is 1.39. The van der Waals surface area contributed by atoms with Crippen molar-refractivity contribution in [3.8, 4) is 11.5 Å². The summed E-state index contributed by atoms with van der Waals surface area (Å²) >= 11 is 0. The molecule has 0 spiro atoms. The van der Waals surface area contributed by atoms with E-state index in [2.05, 4.69) is 29.4 Å². The summed E-state index contributed by atoms with van der Waals surface area (Å²) in [6.45, 7) is 4.60. The zero-order valence-electron chi connectivity index (χ0n) is 18.7. The first-order valence-corrected chi connectivity index (χ1v) is 10.9. The number of aromatic hydroxyl groups is 1. The van der Waals surface area contributed by atoms with Gasteiger partial charge in [-0.2, -0.15) is 0 Å². The lowest BCUT2D eigenvalue weighted by molar-refractivity contribution is -0.156. The molecule has 1 fully saturated rings. The van der Waals surface area contributed by atoms with Crippen molar-refractivity contribution in [2.45, 2.75) is 51.0 Å². The number of benzene rings is 1. The number of aliphatic hydroxyl groups is 1. The minimum atomic E-state index is -1.30. The first-order chi connectivity index (χ1) is 15.5. The molecule has 1 saturated heterocycles. The number of pyridine rings is 1. The van der Waals surface area contributed by atoms with Gasteiger partial charge in [-0.3, -0.25) is 4.79 Å². The Balaban J connectivity index is 1.80. The molecule has 1 amide bonds. The normalized spacial score (nSPS) is 26.4. The van der Waals surface area contributed by atoms with Gasteiger partial charge in [-0.05, 0) is 24.8 Å². The molecule has 8 nitrogen and oxygen atoms in total. The van der Waals surface area contributed by atoms with Crippen molar-refractivity contribution in [2.75, 3.05) is 20.3 Å². The number of ether oxygens (including phenoxy) is 3. The molecular formula is C24H32N2O6. The van der Waals surface area contributed by atoms with Crippen LogP contribution in [0.1, 0.15) is 48.7 Å². The maximum absolute atomic E-state index is 12.8. The molecule has 1 aromatic heterocycles. The van der Waals surface area contributed by atoms with Gasteiger partial charge in [-0.25, -0.2) is 4.98 Å². The quantitative estimate of drug-likeness (QED) is 0.628. The van der Waals surface area contributed by atoms with E-state index in [1.165, 1.54) is 19.4 Å². The van der Waals surface area contributed by atoms with E-state index in [-0.39, 0.29) is 41.7 Å². The maximum Gasteiger partial charge on any atom is 0.274 e. The van der Waals surface area contributed by atoms with E-state index in [1.807, 2.05) is 25.1 Å². The molecule has 1 aromatic carbocycles.